The first-order chi connectivity index (χ1) is 14.3. The summed E-state index contributed by atoms with van der Waals surface area (Å²) in [5.74, 6) is 0.00452. The highest BCUT2D eigenvalue weighted by molar-refractivity contribution is 7.89. The Balaban J connectivity index is 2.07. The number of sulfonamides is 1. The minimum absolute atomic E-state index is 0.00452. The van der Waals surface area contributed by atoms with Gasteiger partial charge in [-0.3, -0.25) is 4.68 Å². The number of rotatable bonds is 5. The molecule has 8 nitrogen and oxygen atoms in total. The first kappa shape index (κ1) is 22.7. The summed E-state index contributed by atoms with van der Waals surface area (Å²) in [6.07, 6.45) is -3.53. The molecule has 1 aromatic carbocycles. The van der Waals surface area contributed by atoms with Crippen LogP contribution in [0.2, 0.25) is 0 Å². The number of nitrogens with zero attached hydrogens (tertiary/aromatic N) is 4. The molecule has 0 amide bonds. The molecule has 0 saturated heterocycles. The maximum atomic E-state index is 13.6. The lowest BCUT2D eigenvalue weighted by atomic mass is 10.0. The molecule has 0 atom stereocenters. The second kappa shape index (κ2) is 7.93. The number of aryl methyl sites for hydroxylation is 3. The van der Waals surface area contributed by atoms with Gasteiger partial charge in [0.25, 0.3) is 0 Å². The van der Waals surface area contributed by atoms with Gasteiger partial charge in [0.15, 0.2) is 0 Å². The smallest absolute Gasteiger partial charge is 0.368 e. The quantitative estimate of drug-likeness (QED) is 0.613. The summed E-state index contributed by atoms with van der Waals surface area (Å²) in [6.45, 7) is 4.85. The Kier molecular flexibility index (Phi) is 5.80. The topological polar surface area (TPSA) is 116 Å². The van der Waals surface area contributed by atoms with Crippen LogP contribution < -0.4 is 10.5 Å². The Bertz CT molecular complexity index is 1250. The summed E-state index contributed by atoms with van der Waals surface area (Å²) < 4.78 is 70.5. The molecule has 0 spiro atoms. The number of aromatic nitrogens is 4. The van der Waals surface area contributed by atoms with Gasteiger partial charge in [-0.15, -0.1) is 0 Å². The fourth-order valence-electron chi connectivity index (χ4n) is 3.23. The van der Waals surface area contributed by atoms with Crippen molar-refractivity contribution in [2.45, 2.75) is 38.4 Å². The minimum atomic E-state index is -4.87. The van der Waals surface area contributed by atoms with Crippen molar-refractivity contribution in [1.82, 2.24) is 24.5 Å². The Morgan fingerprint density at radius 1 is 1.16 bits per heavy atom. The summed E-state index contributed by atoms with van der Waals surface area (Å²) in [7, 11) is -2.82. The molecule has 0 aliphatic heterocycles. The van der Waals surface area contributed by atoms with Crippen molar-refractivity contribution in [2.24, 2.45) is 7.05 Å². The molecule has 0 aliphatic carbocycles. The third-order valence-electron chi connectivity index (χ3n) is 4.98. The van der Waals surface area contributed by atoms with E-state index in [1.165, 1.54) is 12.3 Å². The van der Waals surface area contributed by atoms with Gasteiger partial charge in [0.05, 0.1) is 21.8 Å². The van der Waals surface area contributed by atoms with Crippen molar-refractivity contribution in [3.05, 3.63) is 52.6 Å². The third-order valence-corrected chi connectivity index (χ3v) is 6.42. The van der Waals surface area contributed by atoms with E-state index in [1.54, 1.807) is 32.5 Å². The predicted octanol–water partition coefficient (Wildman–Crippen LogP) is 2.88. The molecule has 2 aromatic heterocycles. The molecule has 3 aromatic rings. The molecule has 166 valence electrons. The van der Waals surface area contributed by atoms with Crippen molar-refractivity contribution in [3.8, 4) is 11.1 Å². The van der Waals surface area contributed by atoms with E-state index < -0.39 is 26.7 Å². The zero-order chi connectivity index (χ0) is 23.1. The van der Waals surface area contributed by atoms with Crippen LogP contribution in [0.4, 0.5) is 19.1 Å². The number of benzene rings is 1. The van der Waals surface area contributed by atoms with Gasteiger partial charge in [0.2, 0.25) is 16.0 Å². The van der Waals surface area contributed by atoms with Crippen LogP contribution in [0.3, 0.4) is 0 Å². The van der Waals surface area contributed by atoms with E-state index in [9.17, 15) is 21.6 Å². The molecule has 2 heterocycles. The number of anilines is 1. The first-order valence-electron chi connectivity index (χ1n) is 9.10. The lowest BCUT2D eigenvalue weighted by Crippen LogP contribution is -2.26. The lowest BCUT2D eigenvalue weighted by Gasteiger charge is -2.16. The largest absolute Gasteiger partial charge is 0.417 e. The Hall–Kier alpha value is -2.99. The Morgan fingerprint density at radius 2 is 1.84 bits per heavy atom. The van der Waals surface area contributed by atoms with Crippen LogP contribution in [-0.4, -0.2) is 28.2 Å². The van der Waals surface area contributed by atoms with E-state index >= 15 is 0 Å². The summed E-state index contributed by atoms with van der Waals surface area (Å²) >= 11 is 0. The van der Waals surface area contributed by atoms with Gasteiger partial charge in [0.1, 0.15) is 0 Å². The van der Waals surface area contributed by atoms with E-state index in [0.717, 1.165) is 12.1 Å². The van der Waals surface area contributed by atoms with Gasteiger partial charge in [0, 0.05) is 36.6 Å². The summed E-state index contributed by atoms with van der Waals surface area (Å²) in [5.41, 5.74) is 7.15. The normalized spacial score (nSPS) is 12.4. The van der Waals surface area contributed by atoms with Gasteiger partial charge in [-0.05, 0) is 38.5 Å². The van der Waals surface area contributed by atoms with Crippen molar-refractivity contribution in [1.29, 1.82) is 0 Å². The molecule has 0 unspecified atom stereocenters. The maximum Gasteiger partial charge on any atom is 0.417 e. The number of hydrogen-bond donors (Lipinski definition) is 2. The zero-order valence-electron chi connectivity index (χ0n) is 17.2. The van der Waals surface area contributed by atoms with Crippen LogP contribution in [-0.2, 0) is 29.8 Å². The highest BCUT2D eigenvalue weighted by Crippen LogP contribution is 2.37. The zero-order valence-corrected chi connectivity index (χ0v) is 18.1. The fourth-order valence-corrected chi connectivity index (χ4v) is 4.48. The van der Waals surface area contributed by atoms with Crippen LogP contribution in [0.15, 0.2) is 29.3 Å². The number of hydrogen-bond acceptors (Lipinski definition) is 6. The summed E-state index contributed by atoms with van der Waals surface area (Å²) in [5, 5.41) is 4.19. The van der Waals surface area contributed by atoms with Gasteiger partial charge >= 0.3 is 6.18 Å². The molecule has 31 heavy (non-hydrogen) atoms. The van der Waals surface area contributed by atoms with Gasteiger partial charge in [-0.2, -0.15) is 18.3 Å². The molecule has 0 bridgehead atoms. The molecule has 3 rings (SSSR count). The van der Waals surface area contributed by atoms with Gasteiger partial charge < -0.3 is 5.73 Å². The molecular formula is C19H21F3N6O2S. The number of nitrogens with one attached hydrogen (secondary N) is 1. The van der Waals surface area contributed by atoms with Crippen molar-refractivity contribution in [2.75, 3.05) is 5.73 Å². The number of nitrogen functional groups attached to an aromatic ring is 1. The van der Waals surface area contributed by atoms with Gasteiger partial charge in [-0.25, -0.2) is 23.1 Å². The summed E-state index contributed by atoms with van der Waals surface area (Å²) in [6, 6.07) is 2.88. The van der Waals surface area contributed by atoms with Gasteiger partial charge in [-0.1, -0.05) is 6.07 Å². The van der Waals surface area contributed by atoms with Crippen LogP contribution in [0.5, 0.6) is 0 Å². The van der Waals surface area contributed by atoms with Crippen LogP contribution in [0, 0.1) is 20.8 Å². The van der Waals surface area contributed by atoms with Crippen molar-refractivity contribution < 1.29 is 21.6 Å². The van der Waals surface area contributed by atoms with E-state index in [0.29, 0.717) is 28.2 Å². The monoisotopic (exact) mass is 454 g/mol. The molecular weight excluding hydrogens is 433 g/mol. The predicted molar refractivity (Wildman–Crippen MR) is 108 cm³/mol. The van der Waals surface area contributed by atoms with Crippen molar-refractivity contribution in [3.63, 3.8) is 0 Å². The second-order valence-electron chi connectivity index (χ2n) is 7.03. The van der Waals surface area contributed by atoms with Crippen molar-refractivity contribution >= 4 is 16.0 Å². The van der Waals surface area contributed by atoms with E-state index in [4.69, 9.17) is 5.73 Å². The van der Waals surface area contributed by atoms with E-state index in [-0.39, 0.29) is 18.1 Å². The molecule has 0 aliphatic rings. The highest BCUT2D eigenvalue weighted by Gasteiger charge is 2.37. The Morgan fingerprint density at radius 3 is 2.39 bits per heavy atom. The standard InChI is InChI=1S/C19H21F3N6O2S/c1-10-15(8-24-18(23)26-10)13-5-6-16(19(20,21)22)17(7-13)31(29,30)25-9-14-11(2)27-28(4)12(14)3/h5-8,25H,9H2,1-4H3,(H2,23,24,26). The number of halogens is 3. The van der Waals surface area contributed by atoms with Crippen LogP contribution in [0.25, 0.3) is 11.1 Å². The average Bonchev–Trinajstić information content (AvgIpc) is 2.90. The van der Waals surface area contributed by atoms with E-state index in [2.05, 4.69) is 19.8 Å². The van der Waals surface area contributed by atoms with Crippen LogP contribution >= 0.6 is 0 Å². The lowest BCUT2D eigenvalue weighted by molar-refractivity contribution is -0.139. The van der Waals surface area contributed by atoms with Crippen LogP contribution in [0.1, 0.15) is 28.2 Å². The molecule has 3 N–H and O–H groups in total. The second-order valence-corrected chi connectivity index (χ2v) is 8.77. The molecule has 0 radical (unpaired) electrons. The number of alkyl halides is 3. The average molecular weight is 454 g/mol. The third kappa shape index (κ3) is 4.54. The van der Waals surface area contributed by atoms with E-state index in [1.807, 2.05) is 0 Å². The molecule has 12 heteroatoms. The minimum Gasteiger partial charge on any atom is -0.368 e. The fraction of sp³-hybridized carbons (Fsp3) is 0.316. The summed E-state index contributed by atoms with van der Waals surface area (Å²) in [4.78, 5) is 6.95. The maximum absolute atomic E-state index is 13.6. The first-order valence-corrected chi connectivity index (χ1v) is 10.6. The molecule has 0 fully saturated rings. The SMILES string of the molecule is Cc1nc(N)ncc1-c1ccc(C(F)(F)F)c(S(=O)(=O)NCc2c(C)nn(C)c2C)c1. The molecule has 0 saturated carbocycles. The number of nitrogens with two attached hydrogens (primary N) is 1. The Labute approximate surface area is 177 Å². The highest BCUT2D eigenvalue weighted by atomic mass is 32.2.